The maximum absolute atomic E-state index is 11.1. The number of halogens is 2. The lowest BCUT2D eigenvalue weighted by molar-refractivity contribution is -0.120. The predicted octanol–water partition coefficient (Wildman–Crippen LogP) is 3.17. The number of nitrogens with one attached hydrogen (secondary N) is 2. The van der Waals surface area contributed by atoms with Crippen molar-refractivity contribution in [3.05, 3.63) is 33.8 Å². The lowest BCUT2D eigenvalue weighted by atomic mass is 10.0. The standard InChI is InChI=1S/C13H18Cl2N2O/c1-3-12(17-7-6-13(18)16-2)9-4-5-10(14)11(15)8-9/h4-5,8,12,17H,3,6-7H2,1-2H3,(H,16,18). The van der Waals surface area contributed by atoms with Crippen LogP contribution in [0.4, 0.5) is 0 Å². The number of carbonyl (C=O) groups is 1. The van der Waals surface area contributed by atoms with Crippen molar-refractivity contribution in [3.8, 4) is 0 Å². The zero-order valence-electron chi connectivity index (χ0n) is 10.6. The minimum absolute atomic E-state index is 0.0338. The molecule has 0 aliphatic heterocycles. The smallest absolute Gasteiger partial charge is 0.221 e. The second-order valence-electron chi connectivity index (χ2n) is 4.01. The van der Waals surface area contributed by atoms with E-state index in [-0.39, 0.29) is 11.9 Å². The normalized spacial score (nSPS) is 12.2. The molecule has 1 rings (SSSR count). The maximum atomic E-state index is 11.1. The van der Waals surface area contributed by atoms with Crippen LogP contribution in [0.2, 0.25) is 10.0 Å². The minimum atomic E-state index is 0.0338. The molecule has 2 N–H and O–H groups in total. The van der Waals surface area contributed by atoms with Gasteiger partial charge < -0.3 is 10.6 Å². The van der Waals surface area contributed by atoms with Gasteiger partial charge in [-0.3, -0.25) is 4.79 Å². The number of benzene rings is 1. The van der Waals surface area contributed by atoms with Crippen molar-refractivity contribution >= 4 is 29.1 Å². The molecule has 0 aromatic heterocycles. The third-order valence-electron chi connectivity index (χ3n) is 2.78. The Morgan fingerprint density at radius 1 is 1.33 bits per heavy atom. The van der Waals surface area contributed by atoms with Crippen LogP contribution in [-0.4, -0.2) is 19.5 Å². The number of rotatable bonds is 6. The van der Waals surface area contributed by atoms with Crippen molar-refractivity contribution in [2.24, 2.45) is 0 Å². The summed E-state index contributed by atoms with van der Waals surface area (Å²) in [5.41, 5.74) is 1.09. The Morgan fingerprint density at radius 3 is 2.61 bits per heavy atom. The average Bonchev–Trinajstić information content (AvgIpc) is 2.38. The number of carbonyl (C=O) groups excluding carboxylic acids is 1. The molecule has 5 heteroatoms. The molecule has 0 aliphatic rings. The van der Waals surface area contributed by atoms with Crippen LogP contribution in [0.15, 0.2) is 18.2 Å². The Labute approximate surface area is 118 Å². The summed E-state index contributed by atoms with van der Waals surface area (Å²) in [5.74, 6) is 0.0338. The summed E-state index contributed by atoms with van der Waals surface area (Å²) in [4.78, 5) is 11.1. The first-order valence-corrected chi connectivity index (χ1v) is 6.73. The highest BCUT2D eigenvalue weighted by Crippen LogP contribution is 2.26. The minimum Gasteiger partial charge on any atom is -0.359 e. The number of hydrogen-bond acceptors (Lipinski definition) is 2. The van der Waals surface area contributed by atoms with Gasteiger partial charge in [0.15, 0.2) is 0 Å². The van der Waals surface area contributed by atoms with Gasteiger partial charge in [-0.05, 0) is 24.1 Å². The van der Waals surface area contributed by atoms with Crippen LogP contribution in [-0.2, 0) is 4.79 Å². The van der Waals surface area contributed by atoms with Gasteiger partial charge in [-0.25, -0.2) is 0 Å². The Balaban J connectivity index is 2.60. The van der Waals surface area contributed by atoms with Gasteiger partial charge in [0.1, 0.15) is 0 Å². The van der Waals surface area contributed by atoms with Crippen LogP contribution in [0.1, 0.15) is 31.4 Å². The van der Waals surface area contributed by atoms with Crippen molar-refractivity contribution in [3.63, 3.8) is 0 Å². The van der Waals surface area contributed by atoms with E-state index in [0.717, 1.165) is 12.0 Å². The Morgan fingerprint density at radius 2 is 2.06 bits per heavy atom. The zero-order valence-corrected chi connectivity index (χ0v) is 12.1. The van der Waals surface area contributed by atoms with E-state index in [1.165, 1.54) is 0 Å². The molecular weight excluding hydrogens is 271 g/mol. The number of hydrogen-bond donors (Lipinski definition) is 2. The highest BCUT2D eigenvalue weighted by atomic mass is 35.5. The van der Waals surface area contributed by atoms with E-state index in [0.29, 0.717) is 23.0 Å². The van der Waals surface area contributed by atoms with Crippen LogP contribution in [0.3, 0.4) is 0 Å². The molecule has 0 saturated carbocycles. The van der Waals surface area contributed by atoms with E-state index in [9.17, 15) is 4.79 Å². The quantitative estimate of drug-likeness (QED) is 0.844. The first-order valence-electron chi connectivity index (χ1n) is 5.97. The third-order valence-corrected chi connectivity index (χ3v) is 3.51. The molecule has 1 aromatic carbocycles. The summed E-state index contributed by atoms with van der Waals surface area (Å²) in [5, 5.41) is 7.04. The molecule has 0 bridgehead atoms. The lowest BCUT2D eigenvalue weighted by Gasteiger charge is -2.17. The van der Waals surface area contributed by atoms with Gasteiger partial charge >= 0.3 is 0 Å². The van der Waals surface area contributed by atoms with E-state index in [2.05, 4.69) is 17.6 Å². The highest BCUT2D eigenvalue weighted by molar-refractivity contribution is 6.42. The van der Waals surface area contributed by atoms with Crippen molar-refractivity contribution < 1.29 is 4.79 Å². The lowest BCUT2D eigenvalue weighted by Crippen LogP contribution is -2.27. The molecule has 1 aromatic rings. The predicted molar refractivity (Wildman–Crippen MR) is 76.2 cm³/mol. The van der Waals surface area contributed by atoms with Crippen molar-refractivity contribution in [2.75, 3.05) is 13.6 Å². The van der Waals surface area contributed by atoms with E-state index in [4.69, 9.17) is 23.2 Å². The molecule has 0 spiro atoms. The Bertz CT molecular complexity index is 410. The van der Waals surface area contributed by atoms with Gasteiger partial charge in [0.2, 0.25) is 5.91 Å². The molecule has 1 amide bonds. The summed E-state index contributed by atoms with van der Waals surface area (Å²) >= 11 is 11.9. The third kappa shape index (κ3) is 4.48. The van der Waals surface area contributed by atoms with Gasteiger partial charge in [0.25, 0.3) is 0 Å². The van der Waals surface area contributed by atoms with Gasteiger partial charge in [-0.15, -0.1) is 0 Å². The molecule has 100 valence electrons. The molecule has 0 radical (unpaired) electrons. The fourth-order valence-electron chi connectivity index (χ4n) is 1.71. The summed E-state index contributed by atoms with van der Waals surface area (Å²) in [7, 11) is 1.64. The average molecular weight is 289 g/mol. The number of amides is 1. The van der Waals surface area contributed by atoms with Gasteiger partial charge in [-0.1, -0.05) is 36.2 Å². The molecule has 1 atom stereocenters. The van der Waals surface area contributed by atoms with Gasteiger partial charge in [0, 0.05) is 26.1 Å². The molecule has 0 fully saturated rings. The second kappa shape index (κ2) is 7.62. The first-order chi connectivity index (χ1) is 8.58. The van der Waals surface area contributed by atoms with Crippen LogP contribution in [0.25, 0.3) is 0 Å². The van der Waals surface area contributed by atoms with E-state index in [1.807, 2.05) is 12.1 Å². The summed E-state index contributed by atoms with van der Waals surface area (Å²) in [6, 6.07) is 5.80. The molecular formula is C13H18Cl2N2O. The van der Waals surface area contributed by atoms with Crippen molar-refractivity contribution in [2.45, 2.75) is 25.8 Å². The van der Waals surface area contributed by atoms with Gasteiger partial charge in [-0.2, -0.15) is 0 Å². The van der Waals surface area contributed by atoms with Crippen molar-refractivity contribution in [1.29, 1.82) is 0 Å². The topological polar surface area (TPSA) is 41.1 Å². The van der Waals surface area contributed by atoms with Crippen molar-refractivity contribution in [1.82, 2.24) is 10.6 Å². The Kier molecular flexibility index (Phi) is 6.47. The monoisotopic (exact) mass is 288 g/mol. The van der Waals surface area contributed by atoms with Crippen LogP contribution < -0.4 is 10.6 Å². The molecule has 0 heterocycles. The molecule has 0 aliphatic carbocycles. The fourth-order valence-corrected chi connectivity index (χ4v) is 2.02. The SMILES string of the molecule is CCC(NCCC(=O)NC)c1ccc(Cl)c(Cl)c1. The van der Waals surface area contributed by atoms with E-state index in [1.54, 1.807) is 13.1 Å². The molecule has 0 saturated heterocycles. The van der Waals surface area contributed by atoms with E-state index < -0.39 is 0 Å². The summed E-state index contributed by atoms with van der Waals surface area (Å²) < 4.78 is 0. The molecule has 18 heavy (non-hydrogen) atoms. The second-order valence-corrected chi connectivity index (χ2v) is 4.83. The zero-order chi connectivity index (χ0) is 13.5. The maximum Gasteiger partial charge on any atom is 0.221 e. The molecule has 1 unspecified atom stereocenters. The van der Waals surface area contributed by atoms with Crippen LogP contribution >= 0.6 is 23.2 Å². The fraction of sp³-hybridized carbons (Fsp3) is 0.462. The Hall–Kier alpha value is -0.770. The van der Waals surface area contributed by atoms with Crippen LogP contribution in [0.5, 0.6) is 0 Å². The highest BCUT2D eigenvalue weighted by Gasteiger charge is 2.10. The van der Waals surface area contributed by atoms with Gasteiger partial charge in [0.05, 0.1) is 10.0 Å². The largest absolute Gasteiger partial charge is 0.359 e. The summed E-state index contributed by atoms with van der Waals surface area (Å²) in [6.45, 7) is 2.72. The van der Waals surface area contributed by atoms with E-state index >= 15 is 0 Å². The first kappa shape index (κ1) is 15.3. The molecule has 3 nitrogen and oxygen atoms in total. The van der Waals surface area contributed by atoms with Crippen LogP contribution in [0, 0.1) is 0 Å². The summed E-state index contributed by atoms with van der Waals surface area (Å²) in [6.07, 6.45) is 1.39.